The maximum absolute atomic E-state index is 2.61. The molecule has 13 unspecified atom stereocenters. The predicted octanol–water partition coefficient (Wildman–Crippen LogP) is 11.9. The normalized spacial score (nSPS) is 24.3. The molecule has 0 aliphatic heterocycles. The topological polar surface area (TPSA) is 0 Å². The van der Waals surface area contributed by atoms with E-state index in [2.05, 4.69) is 118 Å². The van der Waals surface area contributed by atoms with Crippen LogP contribution in [0.4, 0.5) is 0 Å². The van der Waals surface area contributed by atoms with Crippen LogP contribution in [0.3, 0.4) is 0 Å². The van der Waals surface area contributed by atoms with Gasteiger partial charge in [0.2, 0.25) is 0 Å². The van der Waals surface area contributed by atoms with Crippen molar-refractivity contribution in [2.24, 2.45) is 82.3 Å². The summed E-state index contributed by atoms with van der Waals surface area (Å²) in [6, 6.07) is 0. The van der Waals surface area contributed by atoms with Crippen LogP contribution in [-0.4, -0.2) is 0 Å². The summed E-state index contributed by atoms with van der Waals surface area (Å²) in [4.78, 5) is 0. The zero-order valence-corrected chi connectivity index (χ0v) is 27.8. The van der Waals surface area contributed by atoms with Crippen molar-refractivity contribution in [3.05, 3.63) is 0 Å². The van der Waals surface area contributed by atoms with Crippen molar-refractivity contribution in [1.29, 1.82) is 0 Å². The summed E-state index contributed by atoms with van der Waals surface area (Å²) in [5.74, 6) is 10.2. The Morgan fingerprint density at radius 3 is 1.09 bits per heavy atom. The first-order valence-corrected chi connectivity index (χ1v) is 16.0. The molecule has 35 heavy (non-hydrogen) atoms. The van der Waals surface area contributed by atoms with Crippen LogP contribution >= 0.6 is 0 Å². The molecule has 0 saturated heterocycles. The first-order valence-electron chi connectivity index (χ1n) is 16.0. The minimum absolute atomic E-state index is 0.393. The molecule has 0 aromatic heterocycles. The van der Waals surface area contributed by atoms with E-state index in [4.69, 9.17) is 0 Å². The zero-order chi connectivity index (χ0) is 27.8. The molecule has 0 aliphatic rings. The molecule has 0 N–H and O–H groups in total. The molecule has 212 valence electrons. The van der Waals surface area contributed by atoms with Crippen molar-refractivity contribution in [2.75, 3.05) is 0 Å². The lowest BCUT2D eigenvalue weighted by molar-refractivity contribution is 0.0369. The molecule has 0 aromatic carbocycles. The van der Waals surface area contributed by atoms with Crippen molar-refractivity contribution in [3.8, 4) is 0 Å². The average Bonchev–Trinajstić information content (AvgIpc) is 2.81. The van der Waals surface area contributed by atoms with Gasteiger partial charge in [-0.3, -0.25) is 0 Å². The Bertz CT molecular complexity index is 541. The Labute approximate surface area is 225 Å². The lowest BCUT2D eigenvalue weighted by Gasteiger charge is -2.45. The fourth-order valence-corrected chi connectivity index (χ4v) is 8.02. The zero-order valence-electron chi connectivity index (χ0n) is 27.8. The van der Waals surface area contributed by atoms with Gasteiger partial charge in [-0.1, -0.05) is 143 Å². The SMILES string of the molecule is CCCC(C(C)C(C)C(C)C(C)C(C)C(C)C(C)C(C)C(C)CC)C(C)C(C)C(CC)C(C)(C)C. The van der Waals surface area contributed by atoms with Crippen LogP contribution in [-0.2, 0) is 0 Å². The molecule has 0 radical (unpaired) electrons. The van der Waals surface area contributed by atoms with Gasteiger partial charge in [-0.25, -0.2) is 0 Å². The predicted molar refractivity (Wildman–Crippen MR) is 163 cm³/mol. The van der Waals surface area contributed by atoms with Crippen LogP contribution in [0.15, 0.2) is 0 Å². The van der Waals surface area contributed by atoms with E-state index in [1.807, 2.05) is 0 Å². The molecule has 0 nitrogen and oxygen atoms in total. The van der Waals surface area contributed by atoms with Gasteiger partial charge in [0.25, 0.3) is 0 Å². The van der Waals surface area contributed by atoms with Gasteiger partial charge in [0.1, 0.15) is 0 Å². The van der Waals surface area contributed by atoms with E-state index in [-0.39, 0.29) is 0 Å². The highest BCUT2D eigenvalue weighted by Gasteiger charge is 2.39. The largest absolute Gasteiger partial charge is 0.0654 e. The summed E-state index contributed by atoms with van der Waals surface area (Å²) >= 11 is 0. The second-order valence-corrected chi connectivity index (χ2v) is 14.8. The summed E-state index contributed by atoms with van der Waals surface area (Å²) in [7, 11) is 0. The first kappa shape index (κ1) is 35.0. The van der Waals surface area contributed by atoms with Crippen LogP contribution in [0, 0.1) is 82.3 Å². The van der Waals surface area contributed by atoms with Gasteiger partial charge in [0, 0.05) is 0 Å². The summed E-state index contributed by atoms with van der Waals surface area (Å²) < 4.78 is 0. The Hall–Kier alpha value is 0. The Morgan fingerprint density at radius 1 is 0.429 bits per heavy atom. The Morgan fingerprint density at radius 2 is 0.771 bits per heavy atom. The highest BCUT2D eigenvalue weighted by molar-refractivity contribution is 4.88. The Kier molecular flexibility index (Phi) is 15.4. The quantitative estimate of drug-likeness (QED) is 0.201. The van der Waals surface area contributed by atoms with E-state index in [9.17, 15) is 0 Å². The molecule has 0 saturated carbocycles. The molecule has 0 heterocycles. The second-order valence-electron chi connectivity index (χ2n) is 14.8. The van der Waals surface area contributed by atoms with Crippen molar-refractivity contribution < 1.29 is 0 Å². The highest BCUT2D eigenvalue weighted by atomic mass is 14.4. The van der Waals surface area contributed by atoms with Crippen molar-refractivity contribution >= 4 is 0 Å². The van der Waals surface area contributed by atoms with Crippen LogP contribution in [0.2, 0.25) is 0 Å². The van der Waals surface area contributed by atoms with E-state index in [1.54, 1.807) is 0 Å². The van der Waals surface area contributed by atoms with Gasteiger partial charge in [0.05, 0.1) is 0 Å². The summed E-state index contributed by atoms with van der Waals surface area (Å²) in [5, 5.41) is 0. The third-order valence-corrected chi connectivity index (χ3v) is 12.3. The molecule has 0 amide bonds. The third-order valence-electron chi connectivity index (χ3n) is 12.3. The van der Waals surface area contributed by atoms with Crippen LogP contribution in [0.1, 0.15) is 143 Å². The van der Waals surface area contributed by atoms with E-state index >= 15 is 0 Å². The third kappa shape index (κ3) is 9.36. The average molecular weight is 493 g/mol. The smallest absolute Gasteiger partial charge is 0.0340 e. The lowest BCUT2D eigenvalue weighted by atomic mass is 9.60. The number of hydrogen-bond acceptors (Lipinski definition) is 0. The van der Waals surface area contributed by atoms with Crippen molar-refractivity contribution in [3.63, 3.8) is 0 Å². The molecule has 0 heteroatoms. The fourth-order valence-electron chi connectivity index (χ4n) is 8.02. The van der Waals surface area contributed by atoms with Crippen LogP contribution < -0.4 is 0 Å². The molecule has 0 spiro atoms. The van der Waals surface area contributed by atoms with Crippen LogP contribution in [0.25, 0.3) is 0 Å². The van der Waals surface area contributed by atoms with Gasteiger partial charge in [-0.15, -0.1) is 0 Å². The van der Waals surface area contributed by atoms with E-state index in [0.29, 0.717) is 5.41 Å². The maximum Gasteiger partial charge on any atom is -0.0340 e. The van der Waals surface area contributed by atoms with Gasteiger partial charge >= 0.3 is 0 Å². The van der Waals surface area contributed by atoms with E-state index < -0.39 is 0 Å². The minimum Gasteiger partial charge on any atom is -0.0654 e. The summed E-state index contributed by atoms with van der Waals surface area (Å²) in [5.41, 5.74) is 0.393. The monoisotopic (exact) mass is 493 g/mol. The van der Waals surface area contributed by atoms with Crippen molar-refractivity contribution in [1.82, 2.24) is 0 Å². The van der Waals surface area contributed by atoms with Gasteiger partial charge in [-0.2, -0.15) is 0 Å². The molecule has 0 bridgehead atoms. The van der Waals surface area contributed by atoms with E-state index in [1.165, 1.54) is 25.7 Å². The Balaban J connectivity index is 5.60. The molecule has 0 aromatic rings. The second kappa shape index (κ2) is 15.4. The molecule has 0 aliphatic carbocycles. The van der Waals surface area contributed by atoms with Gasteiger partial charge in [-0.05, 0) is 82.3 Å². The van der Waals surface area contributed by atoms with Gasteiger partial charge in [0.15, 0.2) is 0 Å². The van der Waals surface area contributed by atoms with Crippen molar-refractivity contribution in [2.45, 2.75) is 143 Å². The van der Waals surface area contributed by atoms with E-state index in [0.717, 1.165) is 76.9 Å². The number of rotatable bonds is 16. The lowest BCUT2D eigenvalue weighted by Crippen LogP contribution is -2.38. The minimum atomic E-state index is 0.393. The standard InChI is InChI=1S/C35H72/c1-18-21-33(31(13)32(14)34(20-3)35(15,16)17)30(12)29(11)28(10)27(9)26(8)25(7)24(6)23(5)22(4)19-2/h22-34H,18-21H2,1-17H3. The van der Waals surface area contributed by atoms with Gasteiger partial charge < -0.3 is 0 Å². The van der Waals surface area contributed by atoms with Crippen LogP contribution in [0.5, 0.6) is 0 Å². The molecule has 0 rings (SSSR count). The first-order chi connectivity index (χ1) is 16.0. The highest BCUT2D eigenvalue weighted by Crippen LogP contribution is 2.46. The molecular formula is C35H72. The fraction of sp³-hybridized carbons (Fsp3) is 1.00. The summed E-state index contributed by atoms with van der Waals surface area (Å²) in [6.07, 6.45) is 5.30. The summed E-state index contributed by atoms with van der Waals surface area (Å²) in [6.45, 7) is 42.7. The molecule has 13 atom stereocenters. The molecule has 0 fully saturated rings. The number of hydrogen-bond donors (Lipinski definition) is 0. The molecular weight excluding hydrogens is 420 g/mol. The maximum atomic E-state index is 2.61.